The summed E-state index contributed by atoms with van der Waals surface area (Å²) in [5, 5.41) is 0.944. The van der Waals surface area contributed by atoms with E-state index < -0.39 is 0 Å². The van der Waals surface area contributed by atoms with E-state index in [1.54, 1.807) is 11.8 Å². The number of hydrogen-bond acceptors (Lipinski definition) is 4. The molecule has 0 spiro atoms. The maximum atomic E-state index is 5.72. The normalized spacial score (nSPS) is 12.8. The highest BCUT2D eigenvalue weighted by molar-refractivity contribution is 7.99. The number of fused-ring (bicyclic) bond motifs is 1. The Labute approximate surface area is 111 Å². The van der Waals surface area contributed by atoms with Gasteiger partial charge >= 0.3 is 0 Å². The number of nitrogens with one attached hydrogen (secondary N) is 1. The maximum Gasteiger partial charge on any atom is 0.166 e. The Balaban J connectivity index is 2.07. The highest BCUT2D eigenvalue weighted by atomic mass is 32.2. The Morgan fingerprint density at radius 1 is 1.50 bits per heavy atom. The number of aromatic amines is 1. The van der Waals surface area contributed by atoms with Crippen LogP contribution in [0.15, 0.2) is 23.4 Å². The number of thioether (sulfide) groups is 1. The van der Waals surface area contributed by atoms with Crippen LogP contribution in [-0.2, 0) is 0 Å². The first-order valence-electron chi connectivity index (χ1n) is 6.20. The number of benzene rings is 1. The Bertz CT molecular complexity index is 510. The standard InChI is InChI=1S/C13H19N3OS/c1-3-17-10-4-5-11-12(8-10)16-13(15-11)18-7-6-9(2)14/h4-5,8-9H,3,6-7,14H2,1-2H3,(H,15,16). The molecule has 0 aliphatic carbocycles. The third-order valence-corrected chi connectivity index (χ3v) is 3.46. The monoisotopic (exact) mass is 265 g/mol. The van der Waals surface area contributed by atoms with Gasteiger partial charge in [0.25, 0.3) is 0 Å². The summed E-state index contributed by atoms with van der Waals surface area (Å²) in [7, 11) is 0. The molecule has 0 fully saturated rings. The Kier molecular flexibility index (Phi) is 4.49. The van der Waals surface area contributed by atoms with Crippen molar-refractivity contribution in [3.8, 4) is 5.75 Å². The molecule has 1 atom stereocenters. The minimum absolute atomic E-state index is 0.242. The zero-order chi connectivity index (χ0) is 13.0. The van der Waals surface area contributed by atoms with Gasteiger partial charge in [-0.2, -0.15) is 0 Å². The van der Waals surface area contributed by atoms with Crippen molar-refractivity contribution in [2.75, 3.05) is 12.4 Å². The summed E-state index contributed by atoms with van der Waals surface area (Å²) < 4.78 is 5.46. The summed E-state index contributed by atoms with van der Waals surface area (Å²) in [6, 6.07) is 6.16. The Hall–Kier alpha value is -1.20. The van der Waals surface area contributed by atoms with Crippen LogP contribution in [0.5, 0.6) is 5.75 Å². The molecule has 1 aromatic carbocycles. The van der Waals surface area contributed by atoms with Crippen LogP contribution in [0.25, 0.3) is 11.0 Å². The number of nitrogens with zero attached hydrogens (tertiary/aromatic N) is 1. The molecule has 18 heavy (non-hydrogen) atoms. The minimum atomic E-state index is 0.242. The van der Waals surface area contributed by atoms with E-state index in [2.05, 4.69) is 9.97 Å². The average molecular weight is 265 g/mol. The first kappa shape index (κ1) is 13.2. The van der Waals surface area contributed by atoms with Crippen LogP contribution in [0.3, 0.4) is 0 Å². The molecule has 2 rings (SSSR count). The van der Waals surface area contributed by atoms with Crippen molar-refractivity contribution < 1.29 is 4.74 Å². The van der Waals surface area contributed by atoms with Crippen LogP contribution >= 0.6 is 11.8 Å². The summed E-state index contributed by atoms with van der Waals surface area (Å²) in [6.45, 7) is 4.68. The van der Waals surface area contributed by atoms with Crippen LogP contribution in [0.4, 0.5) is 0 Å². The van der Waals surface area contributed by atoms with Gasteiger partial charge in [0, 0.05) is 17.9 Å². The van der Waals surface area contributed by atoms with Gasteiger partial charge in [0.05, 0.1) is 17.6 Å². The summed E-state index contributed by atoms with van der Waals surface area (Å²) in [5.41, 5.74) is 7.72. The molecule has 4 nitrogen and oxygen atoms in total. The lowest BCUT2D eigenvalue weighted by atomic mass is 10.3. The van der Waals surface area contributed by atoms with E-state index >= 15 is 0 Å². The molecule has 0 radical (unpaired) electrons. The molecule has 0 saturated heterocycles. The summed E-state index contributed by atoms with van der Waals surface area (Å²) >= 11 is 1.71. The molecular formula is C13H19N3OS. The van der Waals surface area contributed by atoms with E-state index in [0.717, 1.165) is 34.1 Å². The highest BCUT2D eigenvalue weighted by Gasteiger charge is 2.05. The third kappa shape index (κ3) is 3.40. The quantitative estimate of drug-likeness (QED) is 0.788. The van der Waals surface area contributed by atoms with Gasteiger partial charge in [-0.1, -0.05) is 11.8 Å². The van der Waals surface area contributed by atoms with Crippen molar-refractivity contribution in [3.63, 3.8) is 0 Å². The van der Waals surface area contributed by atoms with Crippen LogP contribution < -0.4 is 10.5 Å². The minimum Gasteiger partial charge on any atom is -0.494 e. The number of H-pyrrole nitrogens is 1. The lowest BCUT2D eigenvalue weighted by Gasteiger charge is -2.01. The van der Waals surface area contributed by atoms with E-state index in [1.165, 1.54) is 0 Å². The predicted molar refractivity (Wildman–Crippen MR) is 76.3 cm³/mol. The van der Waals surface area contributed by atoms with Gasteiger partial charge in [0.2, 0.25) is 0 Å². The highest BCUT2D eigenvalue weighted by Crippen LogP contribution is 2.23. The van der Waals surface area contributed by atoms with Crippen LogP contribution in [-0.4, -0.2) is 28.4 Å². The SMILES string of the molecule is CCOc1ccc2nc(SCCC(C)N)[nH]c2c1. The van der Waals surface area contributed by atoms with Crippen molar-refractivity contribution in [2.24, 2.45) is 5.73 Å². The molecule has 1 unspecified atom stereocenters. The summed E-state index contributed by atoms with van der Waals surface area (Å²) in [4.78, 5) is 7.82. The molecule has 0 aliphatic rings. The van der Waals surface area contributed by atoms with E-state index in [-0.39, 0.29) is 6.04 Å². The lowest BCUT2D eigenvalue weighted by Crippen LogP contribution is -2.15. The number of aromatic nitrogens is 2. The van der Waals surface area contributed by atoms with Crippen molar-refractivity contribution in [1.29, 1.82) is 0 Å². The Morgan fingerprint density at radius 2 is 2.33 bits per heavy atom. The van der Waals surface area contributed by atoms with Crippen LogP contribution in [0.1, 0.15) is 20.3 Å². The van der Waals surface area contributed by atoms with Gasteiger partial charge in [-0.3, -0.25) is 0 Å². The first-order valence-corrected chi connectivity index (χ1v) is 7.18. The van der Waals surface area contributed by atoms with Gasteiger partial charge in [0.1, 0.15) is 5.75 Å². The number of hydrogen-bond donors (Lipinski definition) is 2. The fourth-order valence-corrected chi connectivity index (χ4v) is 2.66. The summed E-state index contributed by atoms with van der Waals surface area (Å²) in [5.74, 6) is 1.86. The van der Waals surface area contributed by atoms with Crippen molar-refractivity contribution in [3.05, 3.63) is 18.2 Å². The zero-order valence-electron chi connectivity index (χ0n) is 10.8. The van der Waals surface area contributed by atoms with E-state index in [0.29, 0.717) is 6.61 Å². The molecule has 98 valence electrons. The summed E-state index contributed by atoms with van der Waals surface area (Å²) in [6.07, 6.45) is 0.992. The molecule has 0 bridgehead atoms. The predicted octanol–water partition coefficient (Wildman–Crippen LogP) is 2.79. The zero-order valence-corrected chi connectivity index (χ0v) is 11.6. The van der Waals surface area contributed by atoms with E-state index in [1.807, 2.05) is 32.0 Å². The molecular weight excluding hydrogens is 246 g/mol. The molecule has 0 aliphatic heterocycles. The second-order valence-corrected chi connectivity index (χ2v) is 5.35. The largest absolute Gasteiger partial charge is 0.494 e. The molecule has 3 N–H and O–H groups in total. The second kappa shape index (κ2) is 6.11. The molecule has 2 aromatic rings. The molecule has 1 heterocycles. The second-order valence-electron chi connectivity index (χ2n) is 4.27. The molecule has 5 heteroatoms. The van der Waals surface area contributed by atoms with Gasteiger partial charge in [0.15, 0.2) is 5.16 Å². The molecule has 0 amide bonds. The molecule has 1 aromatic heterocycles. The topological polar surface area (TPSA) is 63.9 Å². The smallest absolute Gasteiger partial charge is 0.166 e. The van der Waals surface area contributed by atoms with Gasteiger partial charge < -0.3 is 15.5 Å². The number of rotatable bonds is 6. The number of nitrogens with two attached hydrogens (primary N) is 1. The Morgan fingerprint density at radius 3 is 3.06 bits per heavy atom. The number of ether oxygens (including phenoxy) is 1. The lowest BCUT2D eigenvalue weighted by molar-refractivity contribution is 0.340. The van der Waals surface area contributed by atoms with E-state index in [9.17, 15) is 0 Å². The van der Waals surface area contributed by atoms with Gasteiger partial charge in [-0.25, -0.2) is 4.98 Å². The van der Waals surface area contributed by atoms with Crippen LogP contribution in [0, 0.1) is 0 Å². The third-order valence-electron chi connectivity index (χ3n) is 2.55. The van der Waals surface area contributed by atoms with E-state index in [4.69, 9.17) is 10.5 Å². The number of imidazole rings is 1. The van der Waals surface area contributed by atoms with Crippen molar-refractivity contribution in [2.45, 2.75) is 31.5 Å². The average Bonchev–Trinajstić information content (AvgIpc) is 2.71. The molecule has 0 saturated carbocycles. The van der Waals surface area contributed by atoms with Gasteiger partial charge in [-0.15, -0.1) is 0 Å². The van der Waals surface area contributed by atoms with Crippen LogP contribution in [0.2, 0.25) is 0 Å². The fraction of sp³-hybridized carbons (Fsp3) is 0.462. The van der Waals surface area contributed by atoms with Gasteiger partial charge in [-0.05, 0) is 32.4 Å². The maximum absolute atomic E-state index is 5.72. The van der Waals surface area contributed by atoms with Crippen molar-refractivity contribution in [1.82, 2.24) is 9.97 Å². The van der Waals surface area contributed by atoms with Crippen molar-refractivity contribution >= 4 is 22.8 Å². The first-order chi connectivity index (χ1) is 8.69. The fourth-order valence-electron chi connectivity index (χ4n) is 1.63.